The number of unbranched alkanes of at least 4 members (excludes halogenated alkanes) is 2. The van der Waals surface area contributed by atoms with E-state index in [1.54, 1.807) is 0 Å². The monoisotopic (exact) mass is 600 g/mol. The van der Waals surface area contributed by atoms with E-state index in [1.807, 2.05) is 0 Å². The normalized spacial score (nSPS) is 34.8. The van der Waals surface area contributed by atoms with E-state index in [-0.39, 0.29) is 18.8 Å². The van der Waals surface area contributed by atoms with E-state index < -0.39 is 41.9 Å². The summed E-state index contributed by atoms with van der Waals surface area (Å²) in [6.07, 6.45) is 13.4. The van der Waals surface area contributed by atoms with Gasteiger partial charge in [-0.2, -0.15) is 8.78 Å². The van der Waals surface area contributed by atoms with Crippen LogP contribution >= 0.6 is 0 Å². The molecule has 3 saturated carbocycles. The minimum atomic E-state index is -3.30. The molecule has 0 unspecified atom stereocenters. The van der Waals surface area contributed by atoms with Gasteiger partial charge in [0, 0.05) is 5.56 Å². The third kappa shape index (κ3) is 8.06. The molecule has 238 valence electrons. The van der Waals surface area contributed by atoms with Crippen LogP contribution in [0.25, 0.3) is 0 Å². The van der Waals surface area contributed by atoms with Crippen molar-refractivity contribution in [2.75, 3.05) is 13.2 Å². The fraction of sp³-hybridized carbons (Fsp3) is 0.824. The van der Waals surface area contributed by atoms with Crippen LogP contribution in [0.4, 0.5) is 22.0 Å². The van der Waals surface area contributed by atoms with Crippen LogP contribution in [0.1, 0.15) is 122 Å². The number of halogens is 5. The first-order valence-corrected chi connectivity index (χ1v) is 16.7. The Morgan fingerprint density at radius 3 is 1.69 bits per heavy atom. The van der Waals surface area contributed by atoms with Crippen molar-refractivity contribution in [3.05, 3.63) is 35.1 Å². The van der Waals surface area contributed by atoms with Gasteiger partial charge in [-0.3, -0.25) is 0 Å². The summed E-state index contributed by atoms with van der Waals surface area (Å²) >= 11 is 0. The molecule has 1 saturated heterocycles. The van der Waals surface area contributed by atoms with Crippen LogP contribution in [0.5, 0.6) is 0 Å². The van der Waals surface area contributed by atoms with Gasteiger partial charge in [-0.05, 0) is 106 Å². The molecule has 3 aliphatic carbocycles. The first-order chi connectivity index (χ1) is 20.2. The molecule has 1 heterocycles. The molecule has 0 aromatic heterocycles. The standard InChI is InChI=1S/C34H49F5O3/c1-2-3-4-5-22-6-8-23(9-7-22)24-10-12-25(13-11-24)26-14-16-28(17-15-26)34(38,39)42-29-20-40-33(41-21-29)27-18-30(35)32(37)31(36)19-27/h18-19,22-26,28-29,33H,2-17,20-21H2,1H3. The van der Waals surface area contributed by atoms with Crippen LogP contribution < -0.4 is 0 Å². The van der Waals surface area contributed by atoms with Crippen LogP contribution in [-0.2, 0) is 14.2 Å². The lowest BCUT2D eigenvalue weighted by molar-refractivity contribution is -0.334. The molecule has 0 amide bonds. The largest absolute Gasteiger partial charge is 0.358 e. The first-order valence-electron chi connectivity index (χ1n) is 16.7. The van der Waals surface area contributed by atoms with E-state index in [1.165, 1.54) is 77.0 Å². The Morgan fingerprint density at radius 1 is 0.714 bits per heavy atom. The fourth-order valence-corrected chi connectivity index (χ4v) is 8.42. The zero-order valence-electron chi connectivity index (χ0n) is 25.1. The van der Waals surface area contributed by atoms with Gasteiger partial charge >= 0.3 is 6.11 Å². The molecule has 0 spiro atoms. The lowest BCUT2D eigenvalue weighted by Crippen LogP contribution is -2.43. The number of ether oxygens (including phenoxy) is 3. The van der Waals surface area contributed by atoms with Crippen molar-refractivity contribution in [1.82, 2.24) is 0 Å². The Bertz CT molecular complexity index is 950. The minimum Gasteiger partial charge on any atom is -0.346 e. The van der Waals surface area contributed by atoms with Gasteiger partial charge in [0.15, 0.2) is 23.7 Å². The molecule has 0 radical (unpaired) electrons. The van der Waals surface area contributed by atoms with E-state index in [0.29, 0.717) is 24.7 Å². The summed E-state index contributed by atoms with van der Waals surface area (Å²) in [5.74, 6) is -1.21. The molecule has 0 atom stereocenters. The van der Waals surface area contributed by atoms with E-state index in [4.69, 9.17) is 14.2 Å². The predicted molar refractivity (Wildman–Crippen MR) is 151 cm³/mol. The van der Waals surface area contributed by atoms with Crippen LogP contribution in [0.3, 0.4) is 0 Å². The molecule has 3 nitrogen and oxygen atoms in total. The second-order valence-electron chi connectivity index (χ2n) is 13.7. The molecular formula is C34H49F5O3. The molecular weight excluding hydrogens is 551 g/mol. The Morgan fingerprint density at radius 2 is 1.19 bits per heavy atom. The van der Waals surface area contributed by atoms with Crippen molar-refractivity contribution < 1.29 is 36.2 Å². The SMILES string of the molecule is CCCCCC1CCC(C2CCC(C3CCC(C(F)(F)OC4COC(c5cc(F)c(F)c(F)c5)OC4)CC3)CC2)CC1. The average Bonchev–Trinajstić information content (AvgIpc) is 3.00. The molecule has 4 aliphatic rings. The van der Waals surface area contributed by atoms with Gasteiger partial charge in [-0.25, -0.2) is 13.2 Å². The Hall–Kier alpha value is -1.25. The predicted octanol–water partition coefficient (Wildman–Crippen LogP) is 10.1. The lowest BCUT2D eigenvalue weighted by Gasteiger charge is -2.42. The quantitative estimate of drug-likeness (QED) is 0.152. The van der Waals surface area contributed by atoms with Crippen LogP contribution in [0, 0.1) is 53.0 Å². The first kappa shape index (κ1) is 32.2. The molecule has 5 rings (SSSR count). The highest BCUT2D eigenvalue weighted by molar-refractivity contribution is 5.20. The average molecular weight is 601 g/mol. The molecule has 1 aromatic carbocycles. The van der Waals surface area contributed by atoms with Crippen LogP contribution in [-0.4, -0.2) is 25.4 Å². The van der Waals surface area contributed by atoms with E-state index >= 15 is 8.78 Å². The van der Waals surface area contributed by atoms with Gasteiger partial charge < -0.3 is 14.2 Å². The summed E-state index contributed by atoms with van der Waals surface area (Å²) in [5, 5.41) is 0. The van der Waals surface area contributed by atoms with Gasteiger partial charge in [0.2, 0.25) is 0 Å². The molecule has 1 aliphatic heterocycles. The van der Waals surface area contributed by atoms with Crippen molar-refractivity contribution in [2.45, 2.75) is 128 Å². The maximum absolute atomic E-state index is 15.1. The zero-order chi connectivity index (χ0) is 29.7. The van der Waals surface area contributed by atoms with Gasteiger partial charge in [0.05, 0.1) is 19.1 Å². The van der Waals surface area contributed by atoms with Gasteiger partial charge in [-0.15, -0.1) is 0 Å². The lowest BCUT2D eigenvalue weighted by atomic mass is 9.65. The van der Waals surface area contributed by atoms with Crippen molar-refractivity contribution >= 4 is 0 Å². The van der Waals surface area contributed by atoms with E-state index in [9.17, 15) is 13.2 Å². The highest BCUT2D eigenvalue weighted by Crippen LogP contribution is 2.48. The molecule has 0 bridgehead atoms. The molecule has 0 N–H and O–H groups in total. The minimum absolute atomic E-state index is 0.0471. The Labute approximate surface area is 248 Å². The van der Waals surface area contributed by atoms with Crippen LogP contribution in [0.2, 0.25) is 0 Å². The molecule has 8 heteroatoms. The summed E-state index contributed by atoms with van der Waals surface area (Å²) in [4.78, 5) is 0. The van der Waals surface area contributed by atoms with E-state index in [0.717, 1.165) is 42.7 Å². The smallest absolute Gasteiger partial charge is 0.346 e. The van der Waals surface area contributed by atoms with Crippen molar-refractivity contribution in [1.29, 1.82) is 0 Å². The number of benzene rings is 1. The maximum Gasteiger partial charge on any atom is 0.358 e. The van der Waals surface area contributed by atoms with Crippen molar-refractivity contribution in [2.24, 2.45) is 35.5 Å². The highest BCUT2D eigenvalue weighted by atomic mass is 19.3. The number of rotatable bonds is 10. The van der Waals surface area contributed by atoms with Gasteiger partial charge in [-0.1, -0.05) is 45.4 Å². The maximum atomic E-state index is 15.1. The summed E-state index contributed by atoms with van der Waals surface area (Å²) in [6.45, 7) is 1.86. The fourth-order valence-electron chi connectivity index (χ4n) is 8.42. The van der Waals surface area contributed by atoms with Crippen molar-refractivity contribution in [3.8, 4) is 0 Å². The molecule has 42 heavy (non-hydrogen) atoms. The second kappa shape index (κ2) is 14.7. The summed E-state index contributed by atoms with van der Waals surface area (Å²) in [7, 11) is 0. The third-order valence-electron chi connectivity index (χ3n) is 11.0. The number of hydrogen-bond donors (Lipinski definition) is 0. The topological polar surface area (TPSA) is 27.7 Å². The summed E-state index contributed by atoms with van der Waals surface area (Å²) in [6, 6.07) is 1.56. The highest BCUT2D eigenvalue weighted by Gasteiger charge is 2.46. The van der Waals surface area contributed by atoms with Crippen LogP contribution in [0.15, 0.2) is 12.1 Å². The second-order valence-corrected chi connectivity index (χ2v) is 13.7. The molecule has 1 aromatic rings. The van der Waals surface area contributed by atoms with E-state index in [2.05, 4.69) is 6.92 Å². The van der Waals surface area contributed by atoms with Gasteiger partial charge in [0.1, 0.15) is 6.10 Å². The number of alkyl halides is 2. The van der Waals surface area contributed by atoms with Gasteiger partial charge in [0.25, 0.3) is 0 Å². The third-order valence-corrected chi connectivity index (χ3v) is 11.0. The zero-order valence-corrected chi connectivity index (χ0v) is 25.1. The molecule has 4 fully saturated rings. The Kier molecular flexibility index (Phi) is 11.2. The Balaban J connectivity index is 1.00. The number of hydrogen-bond acceptors (Lipinski definition) is 3. The summed E-state index contributed by atoms with van der Waals surface area (Å²) in [5.41, 5.74) is -0.0471. The summed E-state index contributed by atoms with van der Waals surface area (Å²) < 4.78 is 86.5. The van der Waals surface area contributed by atoms with Crippen molar-refractivity contribution in [3.63, 3.8) is 0 Å².